The Morgan fingerprint density at radius 1 is 1.40 bits per heavy atom. The Kier molecular flexibility index (Phi) is 3.72. The summed E-state index contributed by atoms with van der Waals surface area (Å²) in [6, 6.07) is 3.86. The van der Waals surface area contributed by atoms with Crippen LogP contribution in [-0.2, 0) is 13.0 Å². The zero-order valence-electron chi connectivity index (χ0n) is 11.4. The number of fused-ring (bicyclic) bond motifs is 1. The molecule has 0 aliphatic heterocycles. The molecule has 0 spiro atoms. The van der Waals surface area contributed by atoms with Gasteiger partial charge in [0.1, 0.15) is 11.3 Å². The van der Waals surface area contributed by atoms with E-state index in [-0.39, 0.29) is 5.38 Å². The molecule has 6 heteroatoms. The highest BCUT2D eigenvalue weighted by Gasteiger charge is 2.15. The van der Waals surface area contributed by atoms with Crippen LogP contribution in [-0.4, -0.2) is 19.5 Å². The number of halogens is 1. The van der Waals surface area contributed by atoms with E-state index in [0.29, 0.717) is 0 Å². The van der Waals surface area contributed by atoms with Crippen molar-refractivity contribution in [2.75, 3.05) is 0 Å². The van der Waals surface area contributed by atoms with E-state index in [2.05, 4.69) is 24.9 Å². The van der Waals surface area contributed by atoms with E-state index in [1.54, 1.807) is 17.5 Å². The lowest BCUT2D eigenvalue weighted by molar-refractivity contribution is 0.656. The third-order valence-electron chi connectivity index (χ3n) is 3.15. The van der Waals surface area contributed by atoms with Crippen LogP contribution in [0.2, 0.25) is 0 Å². The SMILES string of the molecule is Cc1nc(CCn2c(C(C)Cl)nc3cccnc32)cs1. The predicted octanol–water partition coefficient (Wildman–Crippen LogP) is 3.74. The molecule has 0 saturated carbocycles. The molecule has 0 bridgehead atoms. The molecule has 0 aliphatic rings. The number of aryl methyl sites for hydroxylation is 3. The molecule has 20 heavy (non-hydrogen) atoms. The predicted molar refractivity (Wildman–Crippen MR) is 82.4 cm³/mol. The monoisotopic (exact) mass is 306 g/mol. The molecule has 3 aromatic rings. The molecule has 0 radical (unpaired) electrons. The Morgan fingerprint density at radius 2 is 2.25 bits per heavy atom. The first-order chi connectivity index (χ1) is 9.65. The maximum Gasteiger partial charge on any atom is 0.160 e. The van der Waals surface area contributed by atoms with E-state index in [1.165, 1.54) is 0 Å². The average Bonchev–Trinajstić information content (AvgIpc) is 3.00. The van der Waals surface area contributed by atoms with E-state index < -0.39 is 0 Å². The van der Waals surface area contributed by atoms with E-state index >= 15 is 0 Å². The Morgan fingerprint density at radius 3 is 2.95 bits per heavy atom. The van der Waals surface area contributed by atoms with Crippen molar-refractivity contribution < 1.29 is 0 Å². The number of hydrogen-bond donors (Lipinski definition) is 0. The van der Waals surface area contributed by atoms with Crippen molar-refractivity contribution in [2.45, 2.75) is 32.2 Å². The van der Waals surface area contributed by atoms with Crippen LogP contribution in [0, 0.1) is 6.92 Å². The van der Waals surface area contributed by atoms with Gasteiger partial charge in [0, 0.05) is 24.5 Å². The van der Waals surface area contributed by atoms with E-state index in [9.17, 15) is 0 Å². The topological polar surface area (TPSA) is 43.6 Å². The molecule has 1 atom stereocenters. The highest BCUT2D eigenvalue weighted by atomic mass is 35.5. The van der Waals surface area contributed by atoms with Gasteiger partial charge in [-0.15, -0.1) is 22.9 Å². The maximum atomic E-state index is 6.24. The van der Waals surface area contributed by atoms with Crippen LogP contribution in [0.4, 0.5) is 0 Å². The van der Waals surface area contributed by atoms with E-state index in [4.69, 9.17) is 11.6 Å². The Bertz CT molecular complexity index is 732. The van der Waals surface area contributed by atoms with Crippen molar-refractivity contribution in [2.24, 2.45) is 0 Å². The van der Waals surface area contributed by atoms with Crippen molar-refractivity contribution in [1.29, 1.82) is 0 Å². The minimum absolute atomic E-state index is 0.138. The molecule has 104 valence electrons. The summed E-state index contributed by atoms with van der Waals surface area (Å²) in [4.78, 5) is 13.5. The zero-order valence-corrected chi connectivity index (χ0v) is 12.9. The van der Waals surface area contributed by atoms with Gasteiger partial charge >= 0.3 is 0 Å². The minimum atomic E-state index is -0.138. The maximum absolute atomic E-state index is 6.24. The first-order valence-corrected chi connectivity index (χ1v) is 7.83. The van der Waals surface area contributed by atoms with Gasteiger partial charge in [-0.25, -0.2) is 15.0 Å². The van der Waals surface area contributed by atoms with Crippen LogP contribution in [0.1, 0.15) is 28.8 Å². The fourth-order valence-corrected chi connectivity index (χ4v) is 3.06. The molecule has 3 rings (SSSR count). The number of imidazole rings is 1. The highest BCUT2D eigenvalue weighted by molar-refractivity contribution is 7.09. The molecule has 0 fully saturated rings. The lowest BCUT2D eigenvalue weighted by atomic mass is 10.3. The molecule has 0 amide bonds. The third kappa shape index (κ3) is 2.55. The van der Waals surface area contributed by atoms with Crippen LogP contribution in [0.25, 0.3) is 11.2 Å². The number of pyridine rings is 1. The van der Waals surface area contributed by atoms with Gasteiger partial charge in [-0.2, -0.15) is 0 Å². The fraction of sp³-hybridized carbons (Fsp3) is 0.357. The summed E-state index contributed by atoms with van der Waals surface area (Å²) in [6.07, 6.45) is 2.65. The standard InChI is InChI=1S/C14H15ClN4S/c1-9(15)13-18-12-4-3-6-16-14(12)19(13)7-5-11-8-20-10(2)17-11/h3-4,6,8-9H,5,7H2,1-2H3. The minimum Gasteiger partial charge on any atom is -0.311 e. The molecule has 0 aliphatic carbocycles. The number of thiazole rings is 1. The lowest BCUT2D eigenvalue weighted by Crippen LogP contribution is -2.07. The number of alkyl halides is 1. The summed E-state index contributed by atoms with van der Waals surface area (Å²) >= 11 is 7.92. The van der Waals surface area contributed by atoms with Crippen LogP contribution >= 0.6 is 22.9 Å². The van der Waals surface area contributed by atoms with Gasteiger partial charge in [-0.3, -0.25) is 0 Å². The van der Waals surface area contributed by atoms with Crippen LogP contribution in [0.3, 0.4) is 0 Å². The van der Waals surface area contributed by atoms with Gasteiger partial charge in [0.2, 0.25) is 0 Å². The smallest absolute Gasteiger partial charge is 0.160 e. The third-order valence-corrected chi connectivity index (χ3v) is 4.16. The molecule has 3 aromatic heterocycles. The van der Waals surface area contributed by atoms with Crippen molar-refractivity contribution in [3.05, 3.63) is 40.2 Å². The first-order valence-electron chi connectivity index (χ1n) is 6.51. The Hall–Kier alpha value is -1.46. The van der Waals surface area contributed by atoms with Crippen molar-refractivity contribution in [3.63, 3.8) is 0 Å². The van der Waals surface area contributed by atoms with Crippen molar-refractivity contribution >= 4 is 34.1 Å². The highest BCUT2D eigenvalue weighted by Crippen LogP contribution is 2.23. The van der Waals surface area contributed by atoms with Crippen molar-refractivity contribution in [1.82, 2.24) is 19.5 Å². The summed E-state index contributed by atoms with van der Waals surface area (Å²) in [6.45, 7) is 4.75. The lowest BCUT2D eigenvalue weighted by Gasteiger charge is -2.08. The molecule has 3 heterocycles. The van der Waals surface area contributed by atoms with Crippen LogP contribution in [0.5, 0.6) is 0 Å². The molecule has 0 aromatic carbocycles. The quantitative estimate of drug-likeness (QED) is 0.690. The van der Waals surface area contributed by atoms with Gasteiger partial charge in [-0.1, -0.05) is 0 Å². The van der Waals surface area contributed by atoms with Crippen molar-refractivity contribution in [3.8, 4) is 0 Å². The van der Waals surface area contributed by atoms with Crippen LogP contribution in [0.15, 0.2) is 23.7 Å². The summed E-state index contributed by atoms with van der Waals surface area (Å²) in [5.41, 5.74) is 2.89. The van der Waals surface area contributed by atoms with Crippen LogP contribution < -0.4 is 0 Å². The molecule has 0 N–H and O–H groups in total. The second-order valence-electron chi connectivity index (χ2n) is 4.69. The summed E-state index contributed by atoms with van der Waals surface area (Å²) < 4.78 is 2.10. The summed E-state index contributed by atoms with van der Waals surface area (Å²) in [5.74, 6) is 0.868. The second-order valence-corrected chi connectivity index (χ2v) is 6.41. The first kappa shape index (κ1) is 13.5. The van der Waals surface area contributed by atoms with E-state index in [0.717, 1.165) is 40.7 Å². The Labute approximate surface area is 126 Å². The summed E-state index contributed by atoms with van der Waals surface area (Å²) in [7, 11) is 0. The number of rotatable bonds is 4. The van der Waals surface area contributed by atoms with Gasteiger partial charge in [0.15, 0.2) is 5.65 Å². The largest absolute Gasteiger partial charge is 0.311 e. The van der Waals surface area contributed by atoms with Gasteiger partial charge in [0.25, 0.3) is 0 Å². The normalized spacial score (nSPS) is 12.9. The molecular formula is C14H15ClN4S. The number of hydrogen-bond acceptors (Lipinski definition) is 4. The van der Waals surface area contributed by atoms with E-state index in [1.807, 2.05) is 26.0 Å². The summed E-state index contributed by atoms with van der Waals surface area (Å²) in [5, 5.41) is 3.06. The molecular weight excluding hydrogens is 292 g/mol. The average molecular weight is 307 g/mol. The second kappa shape index (κ2) is 5.50. The molecule has 0 saturated heterocycles. The molecule has 4 nitrogen and oxygen atoms in total. The fourth-order valence-electron chi connectivity index (χ4n) is 2.25. The molecule has 1 unspecified atom stereocenters. The van der Waals surface area contributed by atoms with Gasteiger partial charge < -0.3 is 4.57 Å². The zero-order chi connectivity index (χ0) is 14.1. The van der Waals surface area contributed by atoms with Gasteiger partial charge in [-0.05, 0) is 26.0 Å². The van der Waals surface area contributed by atoms with Gasteiger partial charge in [0.05, 0.1) is 16.1 Å². The number of aromatic nitrogens is 4. The Balaban J connectivity index is 1.94. The number of nitrogens with zero attached hydrogens (tertiary/aromatic N) is 4.